The van der Waals surface area contributed by atoms with Crippen LogP contribution in [0.3, 0.4) is 0 Å². The van der Waals surface area contributed by atoms with Crippen LogP contribution >= 0.6 is 11.3 Å². The minimum atomic E-state index is -3.30. The van der Waals surface area contributed by atoms with Gasteiger partial charge in [0.2, 0.25) is 5.91 Å². The van der Waals surface area contributed by atoms with Crippen molar-refractivity contribution in [3.8, 4) is 0 Å². The number of rotatable bonds is 4. The number of likely N-dealkylation sites (tertiary alicyclic amines) is 1. The van der Waals surface area contributed by atoms with Crippen molar-refractivity contribution in [2.75, 3.05) is 13.1 Å². The summed E-state index contributed by atoms with van der Waals surface area (Å²) >= 11 is 1.53. The molecule has 1 aliphatic heterocycles. The van der Waals surface area contributed by atoms with Crippen molar-refractivity contribution in [1.29, 1.82) is 0 Å². The maximum Gasteiger partial charge on any atom is 0.225 e. The van der Waals surface area contributed by atoms with Gasteiger partial charge in [0, 0.05) is 29.8 Å². The van der Waals surface area contributed by atoms with Crippen LogP contribution < -0.4 is 0 Å². The molecule has 33 heavy (non-hydrogen) atoms. The number of fused-ring (bicyclic) bond motifs is 2. The summed E-state index contributed by atoms with van der Waals surface area (Å²) in [6.07, 6.45) is 4.22. The molecule has 6 atom stereocenters. The summed E-state index contributed by atoms with van der Waals surface area (Å²) in [5.41, 5.74) is 0.894. The summed E-state index contributed by atoms with van der Waals surface area (Å²) in [7, 11) is -3.30. The Bertz CT molecular complexity index is 1010. The molecule has 0 unspecified atom stereocenters. The Balaban J connectivity index is 1.58. The van der Waals surface area contributed by atoms with Gasteiger partial charge in [-0.1, -0.05) is 20.8 Å². The minimum absolute atomic E-state index is 0.0201. The highest BCUT2D eigenvalue weighted by atomic mass is 32.2. The summed E-state index contributed by atoms with van der Waals surface area (Å²) < 4.78 is 24.7. The van der Waals surface area contributed by atoms with Crippen molar-refractivity contribution < 1.29 is 18.3 Å². The zero-order chi connectivity index (χ0) is 24.3. The summed E-state index contributed by atoms with van der Waals surface area (Å²) in [6.45, 7) is 13.3. The van der Waals surface area contributed by atoms with E-state index in [0.717, 1.165) is 50.9 Å². The number of aromatic nitrogens is 1. The molecule has 2 aliphatic carbocycles. The predicted molar refractivity (Wildman–Crippen MR) is 132 cm³/mol. The fourth-order valence-electron chi connectivity index (χ4n) is 6.45. The zero-order valence-electron chi connectivity index (χ0n) is 20.9. The highest BCUT2D eigenvalue weighted by molar-refractivity contribution is 7.92. The van der Waals surface area contributed by atoms with Crippen molar-refractivity contribution in [3.05, 3.63) is 15.6 Å². The van der Waals surface area contributed by atoms with E-state index in [2.05, 4.69) is 13.8 Å². The van der Waals surface area contributed by atoms with Gasteiger partial charge < -0.3 is 10.0 Å². The first-order valence-electron chi connectivity index (χ1n) is 12.4. The van der Waals surface area contributed by atoms with Crippen LogP contribution in [0.2, 0.25) is 0 Å². The Morgan fingerprint density at radius 2 is 1.94 bits per heavy atom. The standard InChI is InChI=1S/C25H40N2O4S2/c1-15(23(29)27-11-7-8-12-27)17-9-10-25(6)13-18-21(16(2)20(25)22(17)28)26-19(32-18)14-33(30,31)24(3,4)5/h15-17,20,22,28H,7-14H2,1-6H3/t15-,16-,17-,20+,22-,25-/m0/s1. The lowest BCUT2D eigenvalue weighted by atomic mass is 9.53. The van der Waals surface area contributed by atoms with E-state index < -0.39 is 20.7 Å². The normalized spacial score (nSPS) is 33.5. The van der Waals surface area contributed by atoms with Crippen LogP contribution in [0, 0.1) is 23.2 Å². The second-order valence-corrected chi connectivity index (χ2v) is 15.9. The number of nitrogens with zero attached hydrogens (tertiary/aromatic N) is 2. The third kappa shape index (κ3) is 4.40. The SMILES string of the molecule is C[C@H](C(=O)N1CCCC1)[C@@H]1CC[C@@]2(C)Cc3sc(CS(=O)(=O)C(C)(C)C)nc3[C@@H](C)[C@@H]2[C@H]1O. The number of carbonyl (C=O) groups excluding carboxylic acids is 1. The molecule has 2 heterocycles. The largest absolute Gasteiger partial charge is 0.392 e. The van der Waals surface area contributed by atoms with Gasteiger partial charge in [-0.25, -0.2) is 13.4 Å². The molecule has 186 valence electrons. The molecule has 0 radical (unpaired) electrons. The van der Waals surface area contributed by atoms with E-state index in [0.29, 0.717) is 5.01 Å². The number of amides is 1. The summed E-state index contributed by atoms with van der Waals surface area (Å²) in [6, 6.07) is 0. The molecule has 1 aromatic rings. The molecule has 2 fully saturated rings. The van der Waals surface area contributed by atoms with Crippen LogP contribution in [0.15, 0.2) is 0 Å². The van der Waals surface area contributed by atoms with E-state index in [1.54, 1.807) is 20.8 Å². The minimum Gasteiger partial charge on any atom is -0.392 e. The van der Waals surface area contributed by atoms with E-state index in [1.807, 2.05) is 11.8 Å². The number of thiazole rings is 1. The maximum atomic E-state index is 13.1. The van der Waals surface area contributed by atoms with Gasteiger partial charge in [-0.05, 0) is 70.1 Å². The molecule has 1 N–H and O–H groups in total. The summed E-state index contributed by atoms with van der Waals surface area (Å²) in [5, 5.41) is 12.3. The number of sulfone groups is 1. The van der Waals surface area contributed by atoms with Crippen molar-refractivity contribution >= 4 is 27.1 Å². The fraction of sp³-hybridized carbons (Fsp3) is 0.840. The maximum absolute atomic E-state index is 13.1. The quantitative estimate of drug-likeness (QED) is 0.676. The van der Waals surface area contributed by atoms with Crippen molar-refractivity contribution in [1.82, 2.24) is 9.88 Å². The van der Waals surface area contributed by atoms with Gasteiger partial charge in [0.05, 0.1) is 16.5 Å². The Kier molecular flexibility index (Phi) is 6.54. The molecule has 0 bridgehead atoms. The number of hydrogen-bond acceptors (Lipinski definition) is 6. The Morgan fingerprint density at radius 1 is 1.30 bits per heavy atom. The fourth-order valence-corrected chi connectivity index (χ4v) is 9.14. The first kappa shape index (κ1) is 25.1. The molecule has 0 aromatic carbocycles. The predicted octanol–water partition coefficient (Wildman–Crippen LogP) is 4.17. The smallest absolute Gasteiger partial charge is 0.225 e. The van der Waals surface area contributed by atoms with Crippen LogP contribution in [0.1, 0.15) is 88.7 Å². The topological polar surface area (TPSA) is 87.6 Å². The van der Waals surface area contributed by atoms with Gasteiger partial charge in [0.25, 0.3) is 0 Å². The lowest BCUT2D eigenvalue weighted by Crippen LogP contribution is -2.53. The molecule has 6 nitrogen and oxygen atoms in total. The average molecular weight is 497 g/mol. The van der Waals surface area contributed by atoms with Crippen LogP contribution in [0.4, 0.5) is 0 Å². The van der Waals surface area contributed by atoms with Crippen LogP contribution in [0.25, 0.3) is 0 Å². The lowest BCUT2D eigenvalue weighted by Gasteiger charge is -2.53. The van der Waals surface area contributed by atoms with Crippen LogP contribution in [-0.4, -0.2) is 53.3 Å². The van der Waals surface area contributed by atoms with E-state index in [1.165, 1.54) is 16.2 Å². The zero-order valence-corrected chi connectivity index (χ0v) is 22.6. The van der Waals surface area contributed by atoms with Gasteiger partial charge in [-0.15, -0.1) is 11.3 Å². The number of carbonyl (C=O) groups is 1. The molecular formula is C25H40N2O4S2. The summed E-state index contributed by atoms with van der Waals surface area (Å²) in [5.74, 6) is -0.0134. The van der Waals surface area contributed by atoms with E-state index in [4.69, 9.17) is 4.98 Å². The third-order valence-corrected chi connectivity index (χ3v) is 12.4. The van der Waals surface area contributed by atoms with Gasteiger partial charge in [0.15, 0.2) is 9.84 Å². The van der Waals surface area contributed by atoms with Crippen molar-refractivity contribution in [2.45, 2.75) is 96.2 Å². The Hall–Kier alpha value is -0.990. The molecule has 3 aliphatic rings. The van der Waals surface area contributed by atoms with Gasteiger partial charge in [-0.3, -0.25) is 4.79 Å². The van der Waals surface area contributed by atoms with Crippen molar-refractivity contribution in [3.63, 3.8) is 0 Å². The highest BCUT2D eigenvalue weighted by Gasteiger charge is 2.54. The number of aliphatic hydroxyl groups excluding tert-OH is 1. The van der Waals surface area contributed by atoms with Crippen molar-refractivity contribution in [2.24, 2.45) is 23.2 Å². The Labute approximate surface area is 203 Å². The first-order valence-corrected chi connectivity index (χ1v) is 14.9. The molecule has 1 saturated heterocycles. The monoisotopic (exact) mass is 496 g/mol. The van der Waals surface area contributed by atoms with Gasteiger partial charge in [0.1, 0.15) is 10.8 Å². The van der Waals surface area contributed by atoms with E-state index in [9.17, 15) is 18.3 Å². The van der Waals surface area contributed by atoms with E-state index >= 15 is 0 Å². The first-order chi connectivity index (χ1) is 15.2. The van der Waals surface area contributed by atoms with Gasteiger partial charge >= 0.3 is 0 Å². The molecule has 0 spiro atoms. The Morgan fingerprint density at radius 3 is 2.55 bits per heavy atom. The lowest BCUT2D eigenvalue weighted by molar-refractivity contribution is -0.143. The second kappa shape index (κ2) is 8.59. The second-order valence-electron chi connectivity index (χ2n) is 11.9. The molecule has 8 heteroatoms. The molecule has 1 amide bonds. The molecule has 1 aromatic heterocycles. The average Bonchev–Trinajstić information content (AvgIpc) is 3.35. The number of hydrogen-bond donors (Lipinski definition) is 1. The third-order valence-electron chi connectivity index (χ3n) is 8.66. The van der Waals surface area contributed by atoms with Gasteiger partial charge in [-0.2, -0.15) is 0 Å². The van der Waals surface area contributed by atoms with Crippen LogP contribution in [0.5, 0.6) is 0 Å². The molecule has 1 saturated carbocycles. The summed E-state index contributed by atoms with van der Waals surface area (Å²) in [4.78, 5) is 21.0. The van der Waals surface area contributed by atoms with E-state index in [-0.39, 0.29) is 40.7 Å². The molecule has 4 rings (SSSR count). The van der Waals surface area contributed by atoms with Crippen LogP contribution in [-0.2, 0) is 26.8 Å². The molecular weight excluding hydrogens is 456 g/mol. The highest BCUT2D eigenvalue weighted by Crippen LogP contribution is 2.57. The number of aliphatic hydroxyl groups is 1.